The third-order valence-corrected chi connectivity index (χ3v) is 2.71. The molecule has 0 aliphatic heterocycles. The van der Waals surface area contributed by atoms with E-state index < -0.39 is 0 Å². The molecule has 0 aliphatic carbocycles. The smallest absolute Gasteiger partial charge is 0.315 e. The summed E-state index contributed by atoms with van der Waals surface area (Å²) in [4.78, 5) is 4.07. The molecule has 0 bridgehead atoms. The van der Waals surface area contributed by atoms with Crippen molar-refractivity contribution in [2.75, 3.05) is 18.4 Å². The number of nitrogens with zero attached hydrogens (tertiary/aromatic N) is 3. The van der Waals surface area contributed by atoms with Gasteiger partial charge in [-0.2, -0.15) is 0 Å². The number of hydrogen-bond donors (Lipinski definition) is 2. The first-order chi connectivity index (χ1) is 9.74. The highest BCUT2D eigenvalue weighted by Gasteiger charge is 2.05. The minimum Gasteiger partial charge on any atom is -0.407 e. The van der Waals surface area contributed by atoms with E-state index in [4.69, 9.17) is 4.42 Å². The van der Waals surface area contributed by atoms with E-state index in [9.17, 15) is 0 Å². The second-order valence-corrected chi connectivity index (χ2v) is 5.06. The summed E-state index contributed by atoms with van der Waals surface area (Å²) in [7, 11) is 0. The molecule has 20 heavy (non-hydrogen) atoms. The van der Waals surface area contributed by atoms with E-state index in [-0.39, 0.29) is 0 Å². The van der Waals surface area contributed by atoms with Crippen molar-refractivity contribution in [1.82, 2.24) is 20.5 Å². The van der Waals surface area contributed by atoms with E-state index in [1.807, 2.05) is 18.3 Å². The normalized spacial score (nSPS) is 10.9. The van der Waals surface area contributed by atoms with Crippen molar-refractivity contribution in [3.63, 3.8) is 0 Å². The zero-order valence-corrected chi connectivity index (χ0v) is 12.0. The average Bonchev–Trinajstić information content (AvgIpc) is 2.87. The molecule has 6 nitrogen and oxygen atoms in total. The van der Waals surface area contributed by atoms with Crippen LogP contribution in [0.3, 0.4) is 0 Å². The molecule has 0 fully saturated rings. The summed E-state index contributed by atoms with van der Waals surface area (Å²) in [5.74, 6) is 1.21. The SMILES string of the molecule is CC(C)CNCc1nnc(NCCc2cccnc2)o1. The van der Waals surface area contributed by atoms with Crippen LogP contribution in [0.4, 0.5) is 6.01 Å². The number of hydrogen-bond acceptors (Lipinski definition) is 6. The van der Waals surface area contributed by atoms with Crippen molar-refractivity contribution in [3.8, 4) is 0 Å². The van der Waals surface area contributed by atoms with Crippen molar-refractivity contribution in [3.05, 3.63) is 36.0 Å². The number of rotatable bonds is 8. The number of nitrogens with one attached hydrogen (secondary N) is 2. The van der Waals surface area contributed by atoms with Crippen molar-refractivity contribution in [1.29, 1.82) is 0 Å². The third-order valence-electron chi connectivity index (χ3n) is 2.71. The summed E-state index contributed by atoms with van der Waals surface area (Å²) >= 11 is 0. The zero-order valence-electron chi connectivity index (χ0n) is 12.0. The van der Waals surface area contributed by atoms with Gasteiger partial charge in [-0.05, 0) is 30.5 Å². The molecule has 0 spiro atoms. The molecule has 0 atom stereocenters. The molecular weight excluding hydrogens is 254 g/mol. The van der Waals surface area contributed by atoms with Gasteiger partial charge < -0.3 is 15.1 Å². The molecule has 0 unspecified atom stereocenters. The highest BCUT2D eigenvalue weighted by molar-refractivity contribution is 5.18. The van der Waals surface area contributed by atoms with Gasteiger partial charge in [0.15, 0.2) is 0 Å². The molecule has 0 aromatic carbocycles. The van der Waals surface area contributed by atoms with Gasteiger partial charge in [0.2, 0.25) is 5.89 Å². The Morgan fingerprint density at radius 3 is 2.95 bits per heavy atom. The third kappa shape index (κ3) is 4.97. The Hall–Kier alpha value is -1.95. The predicted molar refractivity (Wildman–Crippen MR) is 77.3 cm³/mol. The summed E-state index contributed by atoms with van der Waals surface area (Å²) in [5, 5.41) is 14.3. The van der Waals surface area contributed by atoms with Crippen molar-refractivity contribution < 1.29 is 4.42 Å². The average molecular weight is 275 g/mol. The van der Waals surface area contributed by atoms with Gasteiger partial charge in [0.05, 0.1) is 6.54 Å². The van der Waals surface area contributed by atoms with Crippen LogP contribution in [0.15, 0.2) is 28.9 Å². The van der Waals surface area contributed by atoms with Crippen LogP contribution in [-0.2, 0) is 13.0 Å². The molecule has 2 aromatic heterocycles. The maximum absolute atomic E-state index is 5.49. The number of pyridine rings is 1. The second-order valence-electron chi connectivity index (χ2n) is 5.06. The van der Waals surface area contributed by atoms with E-state index in [1.54, 1.807) is 6.20 Å². The minimum atomic E-state index is 0.468. The summed E-state index contributed by atoms with van der Waals surface area (Å²) in [5.41, 5.74) is 1.18. The van der Waals surface area contributed by atoms with E-state index in [0.717, 1.165) is 19.5 Å². The Morgan fingerprint density at radius 1 is 1.30 bits per heavy atom. The summed E-state index contributed by atoms with van der Waals surface area (Å²) < 4.78 is 5.49. The highest BCUT2D eigenvalue weighted by Crippen LogP contribution is 2.06. The topological polar surface area (TPSA) is 75.9 Å². The molecule has 108 valence electrons. The quantitative estimate of drug-likeness (QED) is 0.766. The minimum absolute atomic E-state index is 0.468. The van der Waals surface area contributed by atoms with Crippen LogP contribution in [0.5, 0.6) is 0 Å². The molecule has 0 saturated heterocycles. The second kappa shape index (κ2) is 7.59. The molecule has 2 rings (SSSR count). The summed E-state index contributed by atoms with van der Waals surface area (Å²) in [6, 6.07) is 4.44. The van der Waals surface area contributed by atoms with Crippen LogP contribution in [0.2, 0.25) is 0 Å². The fourth-order valence-corrected chi connectivity index (χ4v) is 1.72. The Balaban J connectivity index is 1.70. The Labute approximate surface area is 119 Å². The van der Waals surface area contributed by atoms with Crippen molar-refractivity contribution in [2.24, 2.45) is 5.92 Å². The highest BCUT2D eigenvalue weighted by atomic mass is 16.4. The molecule has 0 amide bonds. The zero-order chi connectivity index (χ0) is 14.2. The molecule has 6 heteroatoms. The Bertz CT molecular complexity index is 497. The lowest BCUT2D eigenvalue weighted by Gasteiger charge is -2.04. The summed E-state index contributed by atoms with van der Waals surface area (Å²) in [6.45, 7) is 6.60. The first-order valence-electron chi connectivity index (χ1n) is 6.90. The lowest BCUT2D eigenvalue weighted by Crippen LogP contribution is -2.19. The van der Waals surface area contributed by atoms with Crippen LogP contribution in [0.1, 0.15) is 25.3 Å². The molecular formula is C14H21N5O. The van der Waals surface area contributed by atoms with Gasteiger partial charge >= 0.3 is 6.01 Å². The van der Waals surface area contributed by atoms with Gasteiger partial charge in [-0.25, -0.2) is 0 Å². The first kappa shape index (κ1) is 14.5. The van der Waals surface area contributed by atoms with Crippen LogP contribution < -0.4 is 10.6 Å². The lowest BCUT2D eigenvalue weighted by atomic mass is 10.2. The van der Waals surface area contributed by atoms with E-state index >= 15 is 0 Å². The van der Waals surface area contributed by atoms with Gasteiger partial charge in [-0.3, -0.25) is 4.98 Å². The van der Waals surface area contributed by atoms with E-state index in [0.29, 0.717) is 24.4 Å². The van der Waals surface area contributed by atoms with Crippen LogP contribution in [-0.4, -0.2) is 28.3 Å². The van der Waals surface area contributed by atoms with E-state index in [1.165, 1.54) is 5.56 Å². The predicted octanol–water partition coefficient (Wildman–Crippen LogP) is 1.86. The van der Waals surface area contributed by atoms with Crippen molar-refractivity contribution >= 4 is 6.01 Å². The van der Waals surface area contributed by atoms with Crippen molar-refractivity contribution in [2.45, 2.75) is 26.8 Å². The molecule has 2 heterocycles. The van der Waals surface area contributed by atoms with Crippen LogP contribution >= 0.6 is 0 Å². The largest absolute Gasteiger partial charge is 0.407 e. The molecule has 0 saturated carbocycles. The Kier molecular flexibility index (Phi) is 5.49. The fraction of sp³-hybridized carbons (Fsp3) is 0.500. The summed E-state index contributed by atoms with van der Waals surface area (Å²) in [6.07, 6.45) is 4.50. The van der Waals surface area contributed by atoms with E-state index in [2.05, 4.69) is 39.7 Å². The first-order valence-corrected chi connectivity index (χ1v) is 6.90. The molecule has 0 aliphatic rings. The van der Waals surface area contributed by atoms with Gasteiger partial charge in [0.1, 0.15) is 0 Å². The van der Waals surface area contributed by atoms with Gasteiger partial charge in [0.25, 0.3) is 0 Å². The lowest BCUT2D eigenvalue weighted by molar-refractivity contribution is 0.458. The van der Waals surface area contributed by atoms with Gasteiger partial charge in [-0.1, -0.05) is 25.0 Å². The fourth-order valence-electron chi connectivity index (χ4n) is 1.72. The monoisotopic (exact) mass is 275 g/mol. The van der Waals surface area contributed by atoms with Crippen LogP contribution in [0.25, 0.3) is 0 Å². The maximum Gasteiger partial charge on any atom is 0.315 e. The van der Waals surface area contributed by atoms with Gasteiger partial charge in [0, 0.05) is 18.9 Å². The number of anilines is 1. The standard InChI is InChI=1S/C14H21N5O/c1-11(2)8-16-10-13-18-19-14(20-13)17-7-5-12-4-3-6-15-9-12/h3-4,6,9,11,16H,5,7-8,10H2,1-2H3,(H,17,19). The van der Waals surface area contributed by atoms with Gasteiger partial charge in [-0.15, -0.1) is 5.10 Å². The maximum atomic E-state index is 5.49. The molecule has 2 N–H and O–H groups in total. The number of aromatic nitrogens is 3. The van der Waals surface area contributed by atoms with Crippen LogP contribution in [0, 0.1) is 5.92 Å². The molecule has 2 aromatic rings. The Morgan fingerprint density at radius 2 is 2.20 bits per heavy atom. The molecule has 0 radical (unpaired) electrons.